The minimum absolute atomic E-state index is 0.178. The zero-order valence-electron chi connectivity index (χ0n) is 12.8. The highest BCUT2D eigenvalue weighted by molar-refractivity contribution is 7.98. The lowest BCUT2D eigenvalue weighted by molar-refractivity contribution is 0.102. The highest BCUT2D eigenvalue weighted by Crippen LogP contribution is 2.24. The van der Waals surface area contributed by atoms with Crippen LogP contribution in [-0.2, 0) is 5.75 Å². The maximum Gasteiger partial charge on any atom is 0.257 e. The standard InChI is InChI=1S/C17H14ClN3OS2/c1-11-20-21-17(24-11)19-16(22)13-4-2-12(3-5-13)10-23-15-8-6-14(18)7-9-15/h2-9H,10H2,1H3,(H,19,21,22). The van der Waals surface area contributed by atoms with Crippen LogP contribution in [0.25, 0.3) is 0 Å². The third-order valence-electron chi connectivity index (χ3n) is 3.18. The zero-order chi connectivity index (χ0) is 16.9. The lowest BCUT2D eigenvalue weighted by Crippen LogP contribution is -2.11. The topological polar surface area (TPSA) is 54.9 Å². The lowest BCUT2D eigenvalue weighted by Gasteiger charge is -2.05. The number of nitrogens with one attached hydrogen (secondary N) is 1. The van der Waals surface area contributed by atoms with Gasteiger partial charge in [-0.25, -0.2) is 0 Å². The molecule has 1 heterocycles. The fourth-order valence-corrected chi connectivity index (χ4v) is 3.53. The van der Waals surface area contributed by atoms with Gasteiger partial charge in [0.2, 0.25) is 5.13 Å². The number of aromatic nitrogens is 2. The molecule has 0 saturated heterocycles. The lowest BCUT2D eigenvalue weighted by atomic mass is 10.1. The van der Waals surface area contributed by atoms with Gasteiger partial charge in [-0.3, -0.25) is 10.1 Å². The molecular weight excluding hydrogens is 362 g/mol. The van der Waals surface area contributed by atoms with Crippen LogP contribution in [0.1, 0.15) is 20.9 Å². The van der Waals surface area contributed by atoms with Crippen LogP contribution in [0.15, 0.2) is 53.4 Å². The fraction of sp³-hybridized carbons (Fsp3) is 0.118. The molecule has 3 aromatic rings. The Bertz CT molecular complexity index is 832. The number of hydrogen-bond donors (Lipinski definition) is 1. The highest BCUT2D eigenvalue weighted by atomic mass is 35.5. The summed E-state index contributed by atoms with van der Waals surface area (Å²) in [5.41, 5.74) is 1.75. The number of halogens is 1. The van der Waals surface area contributed by atoms with Gasteiger partial charge in [-0.1, -0.05) is 35.1 Å². The highest BCUT2D eigenvalue weighted by Gasteiger charge is 2.09. The minimum Gasteiger partial charge on any atom is -0.296 e. The Balaban J connectivity index is 1.58. The van der Waals surface area contributed by atoms with E-state index in [0.29, 0.717) is 10.7 Å². The molecule has 0 aliphatic heterocycles. The second-order valence-electron chi connectivity index (χ2n) is 5.02. The summed E-state index contributed by atoms with van der Waals surface area (Å²) >= 11 is 8.96. The SMILES string of the molecule is Cc1nnc(NC(=O)c2ccc(CSc3ccc(Cl)cc3)cc2)s1. The Kier molecular flexibility index (Phi) is 5.50. The van der Waals surface area contributed by atoms with E-state index in [-0.39, 0.29) is 5.91 Å². The maximum absolute atomic E-state index is 12.2. The summed E-state index contributed by atoms with van der Waals surface area (Å²) in [4.78, 5) is 13.3. The molecule has 1 amide bonds. The molecule has 1 N–H and O–H groups in total. The summed E-state index contributed by atoms with van der Waals surface area (Å²) < 4.78 is 0. The summed E-state index contributed by atoms with van der Waals surface area (Å²) in [6, 6.07) is 15.3. The monoisotopic (exact) mass is 375 g/mol. The van der Waals surface area contributed by atoms with Crippen molar-refractivity contribution >= 4 is 45.7 Å². The van der Waals surface area contributed by atoms with Crippen molar-refractivity contribution in [2.45, 2.75) is 17.6 Å². The molecule has 0 spiro atoms. The van der Waals surface area contributed by atoms with Crippen molar-refractivity contribution < 1.29 is 4.79 Å². The number of hydrogen-bond acceptors (Lipinski definition) is 5. The zero-order valence-corrected chi connectivity index (χ0v) is 15.2. The third kappa shape index (κ3) is 4.56. The molecule has 0 aliphatic rings. The Hall–Kier alpha value is -1.89. The molecule has 0 aliphatic carbocycles. The van der Waals surface area contributed by atoms with Crippen molar-refractivity contribution in [3.63, 3.8) is 0 Å². The van der Waals surface area contributed by atoms with E-state index in [1.165, 1.54) is 11.3 Å². The first-order chi connectivity index (χ1) is 11.6. The van der Waals surface area contributed by atoms with Crippen molar-refractivity contribution in [1.82, 2.24) is 10.2 Å². The van der Waals surface area contributed by atoms with Crippen LogP contribution in [0.2, 0.25) is 5.02 Å². The molecular formula is C17H14ClN3OS2. The average molecular weight is 376 g/mol. The summed E-state index contributed by atoms with van der Waals surface area (Å²) in [7, 11) is 0. The molecule has 24 heavy (non-hydrogen) atoms. The van der Waals surface area contributed by atoms with Gasteiger partial charge in [-0.2, -0.15) is 0 Å². The summed E-state index contributed by atoms with van der Waals surface area (Å²) in [6.45, 7) is 1.85. The molecule has 0 atom stereocenters. The van der Waals surface area contributed by atoms with Gasteiger partial charge < -0.3 is 0 Å². The molecule has 1 aromatic heterocycles. The van der Waals surface area contributed by atoms with Gasteiger partial charge >= 0.3 is 0 Å². The number of carbonyl (C=O) groups is 1. The van der Waals surface area contributed by atoms with Crippen LogP contribution < -0.4 is 5.32 Å². The van der Waals surface area contributed by atoms with Crippen LogP contribution >= 0.6 is 34.7 Å². The van der Waals surface area contributed by atoms with E-state index in [1.807, 2.05) is 55.5 Å². The van der Waals surface area contributed by atoms with E-state index in [1.54, 1.807) is 11.8 Å². The predicted octanol–water partition coefficient (Wildman–Crippen LogP) is 5.04. The van der Waals surface area contributed by atoms with Gasteiger partial charge in [-0.05, 0) is 48.9 Å². The van der Waals surface area contributed by atoms with Crippen molar-refractivity contribution in [3.8, 4) is 0 Å². The summed E-state index contributed by atoms with van der Waals surface area (Å²) in [5.74, 6) is 0.655. The van der Waals surface area contributed by atoms with Crippen LogP contribution in [0.3, 0.4) is 0 Å². The Morgan fingerprint density at radius 1 is 1.12 bits per heavy atom. The molecule has 7 heteroatoms. The Labute approximate surface area is 153 Å². The van der Waals surface area contributed by atoms with Crippen LogP contribution in [0, 0.1) is 6.92 Å². The molecule has 0 saturated carbocycles. The van der Waals surface area contributed by atoms with Crippen molar-refractivity contribution in [2.75, 3.05) is 5.32 Å². The first-order valence-corrected chi connectivity index (χ1v) is 9.37. The quantitative estimate of drug-likeness (QED) is 0.634. The Morgan fingerprint density at radius 2 is 1.83 bits per heavy atom. The van der Waals surface area contributed by atoms with E-state index in [0.717, 1.165) is 26.2 Å². The Morgan fingerprint density at radius 3 is 2.46 bits per heavy atom. The van der Waals surface area contributed by atoms with Crippen LogP contribution in [-0.4, -0.2) is 16.1 Å². The smallest absolute Gasteiger partial charge is 0.257 e. The van der Waals surface area contributed by atoms with Crippen LogP contribution in [0.5, 0.6) is 0 Å². The van der Waals surface area contributed by atoms with E-state index < -0.39 is 0 Å². The van der Waals surface area contributed by atoms with Crippen molar-refractivity contribution in [3.05, 3.63) is 69.7 Å². The molecule has 122 valence electrons. The number of thioether (sulfide) groups is 1. The molecule has 0 fully saturated rings. The van der Waals surface area contributed by atoms with Gasteiger partial charge in [0.05, 0.1) is 0 Å². The third-order valence-corrected chi connectivity index (χ3v) is 5.27. The van der Waals surface area contributed by atoms with Crippen molar-refractivity contribution in [1.29, 1.82) is 0 Å². The number of benzene rings is 2. The van der Waals surface area contributed by atoms with Gasteiger partial charge in [0, 0.05) is 21.2 Å². The van der Waals surface area contributed by atoms with Gasteiger partial charge in [0.1, 0.15) is 5.01 Å². The van der Waals surface area contributed by atoms with E-state index in [9.17, 15) is 4.79 Å². The second-order valence-corrected chi connectivity index (χ2v) is 7.69. The number of nitrogens with zero attached hydrogens (tertiary/aromatic N) is 2. The number of aryl methyl sites for hydroxylation is 1. The van der Waals surface area contributed by atoms with Crippen LogP contribution in [0.4, 0.5) is 5.13 Å². The molecule has 0 unspecified atom stereocenters. The number of rotatable bonds is 5. The number of amides is 1. The molecule has 0 bridgehead atoms. The summed E-state index contributed by atoms with van der Waals surface area (Å²) in [6.07, 6.45) is 0. The molecule has 3 rings (SSSR count). The normalized spacial score (nSPS) is 10.6. The van der Waals surface area contributed by atoms with Gasteiger partial charge in [-0.15, -0.1) is 22.0 Å². The first kappa shape index (κ1) is 17.0. The fourth-order valence-electron chi connectivity index (χ4n) is 1.97. The predicted molar refractivity (Wildman–Crippen MR) is 100 cm³/mol. The van der Waals surface area contributed by atoms with E-state index in [2.05, 4.69) is 15.5 Å². The number of carbonyl (C=O) groups excluding carboxylic acids is 1. The minimum atomic E-state index is -0.178. The molecule has 2 aromatic carbocycles. The van der Waals surface area contributed by atoms with Gasteiger partial charge in [0.25, 0.3) is 5.91 Å². The molecule has 4 nitrogen and oxygen atoms in total. The second kappa shape index (κ2) is 7.79. The van der Waals surface area contributed by atoms with Gasteiger partial charge in [0.15, 0.2) is 0 Å². The van der Waals surface area contributed by atoms with E-state index >= 15 is 0 Å². The average Bonchev–Trinajstić information content (AvgIpc) is 2.99. The van der Waals surface area contributed by atoms with E-state index in [4.69, 9.17) is 11.6 Å². The van der Waals surface area contributed by atoms with Crippen molar-refractivity contribution in [2.24, 2.45) is 0 Å². The molecule has 0 radical (unpaired) electrons. The maximum atomic E-state index is 12.2. The largest absolute Gasteiger partial charge is 0.296 e. The summed E-state index contributed by atoms with van der Waals surface area (Å²) in [5, 5.41) is 12.6. The first-order valence-electron chi connectivity index (χ1n) is 7.19. The number of anilines is 1.